The van der Waals surface area contributed by atoms with Crippen molar-refractivity contribution in [3.8, 4) is 0 Å². The van der Waals surface area contributed by atoms with Gasteiger partial charge < -0.3 is 26.2 Å². The average Bonchev–Trinajstić information content (AvgIpc) is 3.17. The van der Waals surface area contributed by atoms with Gasteiger partial charge in [0.05, 0.1) is 5.69 Å². The molecule has 1 atom stereocenters. The number of aromatic amines is 1. The van der Waals surface area contributed by atoms with Crippen LogP contribution in [0.1, 0.15) is 46.9 Å². The average molecular weight is 439 g/mol. The van der Waals surface area contributed by atoms with E-state index in [0.29, 0.717) is 11.2 Å². The molecule has 3 aromatic rings. The molecule has 6 N–H and O–H groups in total. The summed E-state index contributed by atoms with van der Waals surface area (Å²) in [5.74, 6) is -2.71. The maximum Gasteiger partial charge on any atom is 0.326 e. The second-order valence-corrected chi connectivity index (χ2v) is 7.41. The Hall–Kier alpha value is -3.95. The van der Waals surface area contributed by atoms with Crippen LogP contribution in [-0.4, -0.2) is 49.1 Å². The van der Waals surface area contributed by atoms with Gasteiger partial charge in [-0.1, -0.05) is 19.1 Å². The molecule has 1 amide bonds. The monoisotopic (exact) mass is 439 g/mol. The third-order valence-electron chi connectivity index (χ3n) is 5.19. The van der Waals surface area contributed by atoms with Crippen molar-refractivity contribution in [1.82, 2.24) is 20.3 Å². The Bertz CT molecular complexity index is 1140. The SMILES string of the molecule is CCc1nc(N)nc2[nH]cc(CCc3ccc(C(=O)N[C@@H](CCC(=O)O)C(=O)O)cc3)c12. The number of carbonyl (C=O) groups is 3. The quantitative estimate of drug-likeness (QED) is 0.319. The van der Waals surface area contributed by atoms with Gasteiger partial charge in [-0.2, -0.15) is 4.98 Å². The lowest BCUT2D eigenvalue weighted by Gasteiger charge is -2.13. The van der Waals surface area contributed by atoms with Gasteiger partial charge in [0, 0.05) is 23.6 Å². The fraction of sp³-hybridized carbons (Fsp3) is 0.318. The number of carbonyl (C=O) groups excluding carboxylic acids is 1. The van der Waals surface area contributed by atoms with E-state index in [1.165, 1.54) is 0 Å². The number of hydrogen-bond donors (Lipinski definition) is 5. The highest BCUT2D eigenvalue weighted by Gasteiger charge is 2.21. The van der Waals surface area contributed by atoms with Crippen molar-refractivity contribution in [3.63, 3.8) is 0 Å². The molecule has 0 spiro atoms. The number of carboxylic acids is 2. The molecule has 32 heavy (non-hydrogen) atoms. The van der Waals surface area contributed by atoms with Crippen molar-refractivity contribution in [2.75, 3.05) is 5.73 Å². The van der Waals surface area contributed by atoms with Crippen molar-refractivity contribution < 1.29 is 24.6 Å². The summed E-state index contributed by atoms with van der Waals surface area (Å²) >= 11 is 0. The van der Waals surface area contributed by atoms with Crippen LogP contribution in [0.3, 0.4) is 0 Å². The minimum Gasteiger partial charge on any atom is -0.481 e. The fourth-order valence-corrected chi connectivity index (χ4v) is 3.52. The van der Waals surface area contributed by atoms with E-state index < -0.39 is 23.9 Å². The van der Waals surface area contributed by atoms with Crippen LogP contribution in [0.15, 0.2) is 30.5 Å². The molecule has 0 unspecified atom stereocenters. The van der Waals surface area contributed by atoms with Crippen LogP contribution < -0.4 is 11.1 Å². The number of nitrogen functional groups attached to an aromatic ring is 1. The number of nitrogens with one attached hydrogen (secondary N) is 2. The molecule has 0 saturated carbocycles. The van der Waals surface area contributed by atoms with Gasteiger partial charge in [-0.25, -0.2) is 9.78 Å². The summed E-state index contributed by atoms with van der Waals surface area (Å²) in [4.78, 5) is 46.0. The first-order valence-corrected chi connectivity index (χ1v) is 10.2. The summed E-state index contributed by atoms with van der Waals surface area (Å²) in [6.07, 6.45) is 3.57. The summed E-state index contributed by atoms with van der Waals surface area (Å²) in [6, 6.07) is 5.61. The Kier molecular flexibility index (Phi) is 7.04. The number of nitrogens with zero attached hydrogens (tertiary/aromatic N) is 2. The van der Waals surface area contributed by atoms with Gasteiger partial charge in [-0.05, 0) is 48.9 Å². The standard InChI is InChI=1S/C22H25N5O5/c1-2-15-18-14(11-24-19(18)27-22(23)26-15)8-5-12-3-6-13(7-4-12)20(30)25-16(21(31)32)9-10-17(28)29/h3-4,6-7,11,16H,2,5,8-10H2,1H3,(H,25,30)(H,28,29)(H,31,32)(H3,23,24,26,27)/t16-/m0/s1. The Morgan fingerprint density at radius 1 is 1.12 bits per heavy atom. The lowest BCUT2D eigenvalue weighted by atomic mass is 10.0. The molecule has 0 saturated heterocycles. The van der Waals surface area contributed by atoms with Crippen LogP contribution >= 0.6 is 0 Å². The predicted octanol–water partition coefficient (Wildman–Crippen LogP) is 1.94. The van der Waals surface area contributed by atoms with Crippen molar-refractivity contribution in [3.05, 3.63) is 52.8 Å². The molecule has 10 nitrogen and oxygen atoms in total. The Labute approximate surface area is 183 Å². The van der Waals surface area contributed by atoms with Crippen LogP contribution in [0.25, 0.3) is 11.0 Å². The Morgan fingerprint density at radius 2 is 1.84 bits per heavy atom. The fourth-order valence-electron chi connectivity index (χ4n) is 3.52. The number of anilines is 1. The van der Waals surface area contributed by atoms with E-state index >= 15 is 0 Å². The normalized spacial score (nSPS) is 11.9. The van der Waals surface area contributed by atoms with Gasteiger partial charge >= 0.3 is 11.9 Å². The van der Waals surface area contributed by atoms with Gasteiger partial charge in [0.15, 0.2) is 0 Å². The summed E-state index contributed by atoms with van der Waals surface area (Å²) in [5.41, 5.74) is 9.76. The van der Waals surface area contributed by atoms with E-state index in [1.54, 1.807) is 12.1 Å². The van der Waals surface area contributed by atoms with Crippen molar-refractivity contribution in [2.24, 2.45) is 0 Å². The van der Waals surface area contributed by atoms with Gasteiger partial charge in [0.2, 0.25) is 5.95 Å². The van der Waals surface area contributed by atoms with Crippen molar-refractivity contribution in [2.45, 2.75) is 45.1 Å². The maximum atomic E-state index is 12.4. The molecular weight excluding hydrogens is 414 g/mol. The number of aryl methyl sites for hydroxylation is 3. The molecule has 10 heteroatoms. The number of fused-ring (bicyclic) bond motifs is 1. The van der Waals surface area contributed by atoms with E-state index in [-0.39, 0.29) is 18.8 Å². The van der Waals surface area contributed by atoms with E-state index in [9.17, 15) is 19.5 Å². The molecule has 0 aliphatic carbocycles. The molecule has 0 aliphatic rings. The first-order valence-electron chi connectivity index (χ1n) is 10.2. The topological polar surface area (TPSA) is 171 Å². The highest BCUT2D eigenvalue weighted by Crippen LogP contribution is 2.23. The predicted molar refractivity (Wildman–Crippen MR) is 117 cm³/mol. The number of rotatable bonds is 10. The number of aromatic nitrogens is 3. The smallest absolute Gasteiger partial charge is 0.326 e. The molecule has 2 aromatic heterocycles. The van der Waals surface area contributed by atoms with Gasteiger partial charge in [-0.3, -0.25) is 9.59 Å². The third kappa shape index (κ3) is 5.39. The Balaban J connectivity index is 1.65. The van der Waals surface area contributed by atoms with E-state index in [1.807, 2.05) is 25.3 Å². The first kappa shape index (κ1) is 22.7. The number of carboxylic acid groups (broad SMARTS) is 2. The molecule has 1 aromatic carbocycles. The van der Waals surface area contributed by atoms with E-state index in [0.717, 1.165) is 41.5 Å². The molecule has 0 fully saturated rings. The highest BCUT2D eigenvalue weighted by atomic mass is 16.4. The largest absolute Gasteiger partial charge is 0.481 e. The second kappa shape index (κ2) is 9.90. The highest BCUT2D eigenvalue weighted by molar-refractivity contribution is 5.96. The summed E-state index contributed by atoms with van der Waals surface area (Å²) in [7, 11) is 0. The van der Waals surface area contributed by atoms with E-state index in [4.69, 9.17) is 10.8 Å². The molecule has 0 aliphatic heterocycles. The zero-order valence-electron chi connectivity index (χ0n) is 17.6. The zero-order valence-corrected chi connectivity index (χ0v) is 17.6. The number of hydrogen-bond acceptors (Lipinski definition) is 6. The number of benzene rings is 1. The molecule has 0 bridgehead atoms. The van der Waals surface area contributed by atoms with E-state index in [2.05, 4.69) is 20.3 Å². The summed E-state index contributed by atoms with van der Waals surface area (Å²) in [6.45, 7) is 2.01. The minimum absolute atomic E-state index is 0.186. The number of H-pyrrole nitrogens is 1. The first-order chi connectivity index (χ1) is 15.3. The molecule has 3 rings (SSSR count). The van der Waals surface area contributed by atoms with Gasteiger partial charge in [0.1, 0.15) is 11.7 Å². The van der Waals surface area contributed by atoms with Crippen LogP contribution in [0.5, 0.6) is 0 Å². The minimum atomic E-state index is -1.27. The summed E-state index contributed by atoms with van der Waals surface area (Å²) < 4.78 is 0. The van der Waals surface area contributed by atoms with Gasteiger partial charge in [-0.15, -0.1) is 0 Å². The lowest BCUT2D eigenvalue weighted by Crippen LogP contribution is -2.41. The molecule has 168 valence electrons. The number of aliphatic carboxylic acids is 2. The van der Waals surface area contributed by atoms with Crippen LogP contribution in [0, 0.1) is 0 Å². The third-order valence-corrected chi connectivity index (χ3v) is 5.19. The Morgan fingerprint density at radius 3 is 2.47 bits per heavy atom. The second-order valence-electron chi connectivity index (χ2n) is 7.41. The zero-order chi connectivity index (χ0) is 23.3. The molecule has 2 heterocycles. The number of nitrogens with two attached hydrogens (primary N) is 1. The van der Waals surface area contributed by atoms with Crippen LogP contribution in [0.4, 0.5) is 5.95 Å². The van der Waals surface area contributed by atoms with Crippen LogP contribution in [-0.2, 0) is 28.9 Å². The molecule has 0 radical (unpaired) electrons. The lowest BCUT2D eigenvalue weighted by molar-refractivity contribution is -0.140. The summed E-state index contributed by atoms with van der Waals surface area (Å²) in [5, 5.41) is 21.3. The van der Waals surface area contributed by atoms with Crippen molar-refractivity contribution in [1.29, 1.82) is 0 Å². The maximum absolute atomic E-state index is 12.4. The van der Waals surface area contributed by atoms with Gasteiger partial charge in [0.25, 0.3) is 5.91 Å². The van der Waals surface area contributed by atoms with Crippen LogP contribution in [0.2, 0.25) is 0 Å². The molecular formula is C22H25N5O5. The number of amides is 1. The van der Waals surface area contributed by atoms with Crippen molar-refractivity contribution >= 4 is 34.8 Å².